The molecule has 0 spiro atoms. The number of hydrogen-bond acceptors (Lipinski definition) is 6. The Balaban J connectivity index is 0.000000910. The molecule has 1 saturated carbocycles. The van der Waals surface area contributed by atoms with E-state index in [1.807, 2.05) is 53.1 Å². The van der Waals surface area contributed by atoms with Gasteiger partial charge in [-0.2, -0.15) is 5.26 Å². The third-order valence-corrected chi connectivity index (χ3v) is 7.76. The van der Waals surface area contributed by atoms with Crippen molar-refractivity contribution in [2.24, 2.45) is 5.92 Å². The maximum Gasteiger partial charge on any atom is 0.150 e. The summed E-state index contributed by atoms with van der Waals surface area (Å²) in [7, 11) is 3.75. The van der Waals surface area contributed by atoms with Gasteiger partial charge in [-0.1, -0.05) is 39.2 Å². The van der Waals surface area contributed by atoms with Crippen molar-refractivity contribution >= 4 is 11.5 Å². The Morgan fingerprint density at radius 3 is 2.26 bits per heavy atom. The summed E-state index contributed by atoms with van der Waals surface area (Å²) in [5.74, 6) is 0.122. The van der Waals surface area contributed by atoms with Gasteiger partial charge in [-0.25, -0.2) is 13.5 Å². The van der Waals surface area contributed by atoms with Crippen molar-refractivity contribution < 1.29 is 13.9 Å². The molecule has 1 aliphatic heterocycles. The van der Waals surface area contributed by atoms with Gasteiger partial charge in [0.05, 0.1) is 16.9 Å². The predicted molar refractivity (Wildman–Crippen MR) is 167 cm³/mol. The van der Waals surface area contributed by atoms with Crippen molar-refractivity contribution in [2.45, 2.75) is 71.3 Å². The molecule has 2 aromatic carbocycles. The van der Waals surface area contributed by atoms with Crippen molar-refractivity contribution in [1.29, 1.82) is 5.26 Å². The van der Waals surface area contributed by atoms with Crippen LogP contribution >= 0.6 is 0 Å². The number of nitrogens with zero attached hydrogens (tertiary/aromatic N) is 4. The number of aromatic nitrogens is 2. The van der Waals surface area contributed by atoms with Gasteiger partial charge in [0.2, 0.25) is 0 Å². The predicted octanol–water partition coefficient (Wildman–Crippen LogP) is 6.89. The van der Waals surface area contributed by atoms with E-state index in [0.717, 1.165) is 12.2 Å². The normalized spacial score (nSPS) is 16.4. The minimum Gasteiger partial charge on any atom is -0.390 e. The summed E-state index contributed by atoms with van der Waals surface area (Å²) in [5, 5.41) is 30.2. The lowest BCUT2D eigenvalue weighted by Crippen LogP contribution is -2.42. The topological polar surface area (TPSA) is 89.1 Å². The highest BCUT2D eigenvalue weighted by atomic mass is 19.1. The van der Waals surface area contributed by atoms with Crippen LogP contribution in [0.2, 0.25) is 0 Å². The number of piperidine rings is 1. The van der Waals surface area contributed by atoms with Gasteiger partial charge in [0.1, 0.15) is 23.4 Å². The SMILES string of the molecule is CC.CC1(O)CCN(c2ccc(-n3nc(NCC4CCCCC4)cc3-c3ccc(C#N)c(F)c3)c(F)c2)CC1.CNC. The maximum absolute atomic E-state index is 15.5. The lowest BCUT2D eigenvalue weighted by atomic mass is 9.89. The third-order valence-electron chi connectivity index (χ3n) is 7.76. The number of rotatable bonds is 6. The van der Waals surface area contributed by atoms with Crippen LogP contribution in [0.5, 0.6) is 0 Å². The van der Waals surface area contributed by atoms with Crippen molar-refractivity contribution in [3.05, 3.63) is 59.7 Å². The zero-order valence-electron chi connectivity index (χ0n) is 25.7. The van der Waals surface area contributed by atoms with Gasteiger partial charge in [-0.05, 0) is 83.0 Å². The van der Waals surface area contributed by atoms with Crippen LogP contribution in [0.15, 0.2) is 42.5 Å². The highest BCUT2D eigenvalue weighted by Crippen LogP contribution is 2.32. The number of aliphatic hydroxyl groups is 1. The van der Waals surface area contributed by atoms with Gasteiger partial charge in [0.15, 0.2) is 5.82 Å². The van der Waals surface area contributed by atoms with Crippen LogP contribution in [-0.4, -0.2) is 54.2 Å². The van der Waals surface area contributed by atoms with Crippen molar-refractivity contribution in [2.75, 3.05) is 43.9 Å². The van der Waals surface area contributed by atoms with Gasteiger partial charge in [0.25, 0.3) is 0 Å². The van der Waals surface area contributed by atoms with Gasteiger partial charge < -0.3 is 20.6 Å². The summed E-state index contributed by atoms with van der Waals surface area (Å²) in [4.78, 5) is 2.07. The van der Waals surface area contributed by atoms with E-state index >= 15 is 4.39 Å². The average molecular weight is 581 g/mol. The molecule has 3 N–H and O–H groups in total. The molecule has 2 fully saturated rings. The second-order valence-electron chi connectivity index (χ2n) is 11.1. The molecular weight excluding hydrogens is 534 g/mol. The second-order valence-corrected chi connectivity index (χ2v) is 11.1. The van der Waals surface area contributed by atoms with Crippen LogP contribution < -0.4 is 15.5 Å². The van der Waals surface area contributed by atoms with Crippen LogP contribution in [0.4, 0.5) is 20.3 Å². The number of nitrogens with one attached hydrogen (secondary N) is 2. The fourth-order valence-corrected chi connectivity index (χ4v) is 5.37. The first-order chi connectivity index (χ1) is 20.2. The summed E-state index contributed by atoms with van der Waals surface area (Å²) in [6, 6.07) is 13.1. The largest absolute Gasteiger partial charge is 0.390 e. The zero-order valence-corrected chi connectivity index (χ0v) is 25.7. The Morgan fingerprint density at radius 1 is 1.00 bits per heavy atom. The summed E-state index contributed by atoms with van der Waals surface area (Å²) < 4.78 is 31.5. The van der Waals surface area contributed by atoms with E-state index in [9.17, 15) is 9.50 Å². The molecule has 5 rings (SSSR count). The van der Waals surface area contributed by atoms with Gasteiger partial charge >= 0.3 is 0 Å². The Morgan fingerprint density at radius 2 is 1.67 bits per heavy atom. The Kier molecular flexibility index (Phi) is 12.3. The molecule has 7 nitrogen and oxygen atoms in total. The summed E-state index contributed by atoms with van der Waals surface area (Å²) in [6.45, 7) is 7.93. The molecule has 2 aliphatic rings. The number of halogens is 2. The lowest BCUT2D eigenvalue weighted by Gasteiger charge is -2.37. The van der Waals surface area contributed by atoms with Crippen LogP contribution in [0.25, 0.3) is 16.9 Å². The van der Waals surface area contributed by atoms with Gasteiger partial charge in [-0.15, -0.1) is 5.10 Å². The second kappa shape index (κ2) is 15.7. The molecule has 1 saturated heterocycles. The van der Waals surface area contributed by atoms with E-state index in [4.69, 9.17) is 5.26 Å². The number of anilines is 2. The summed E-state index contributed by atoms with van der Waals surface area (Å²) in [5.41, 5.74) is 1.34. The minimum absolute atomic E-state index is 0.0403. The monoisotopic (exact) mass is 580 g/mol. The average Bonchev–Trinajstić information content (AvgIpc) is 3.42. The number of benzene rings is 2. The quantitative estimate of drug-likeness (QED) is 0.294. The Labute approximate surface area is 249 Å². The van der Waals surface area contributed by atoms with Crippen LogP contribution in [-0.2, 0) is 0 Å². The number of nitriles is 1. The summed E-state index contributed by atoms with van der Waals surface area (Å²) in [6.07, 6.45) is 7.38. The first-order valence-electron chi connectivity index (χ1n) is 15.1. The molecule has 0 bridgehead atoms. The molecule has 1 aliphatic carbocycles. The Bertz CT molecular complexity index is 1320. The molecule has 0 radical (unpaired) electrons. The van der Waals surface area contributed by atoms with E-state index in [1.54, 1.807) is 12.1 Å². The summed E-state index contributed by atoms with van der Waals surface area (Å²) >= 11 is 0. The molecule has 1 aromatic heterocycles. The van der Waals surface area contributed by atoms with Crippen molar-refractivity contribution in [3.63, 3.8) is 0 Å². The van der Waals surface area contributed by atoms with Crippen molar-refractivity contribution in [3.8, 4) is 23.0 Å². The van der Waals surface area contributed by atoms with E-state index in [2.05, 4.69) is 20.6 Å². The fourth-order valence-electron chi connectivity index (χ4n) is 5.37. The minimum atomic E-state index is -0.684. The van der Waals surface area contributed by atoms with Crippen LogP contribution in [0.1, 0.15) is 71.3 Å². The van der Waals surface area contributed by atoms with Crippen LogP contribution in [0, 0.1) is 28.9 Å². The highest BCUT2D eigenvalue weighted by Gasteiger charge is 2.28. The van der Waals surface area contributed by atoms with E-state index in [-0.39, 0.29) is 11.3 Å². The molecule has 0 atom stereocenters. The molecule has 9 heteroatoms. The standard InChI is InChI=1S/C29H33F2N5O.C2H7N.C2H6/c1-29(37)11-13-35(14-12-29)23-9-10-26(25(31)16-23)36-27(21-7-8-22(18-32)24(30)15-21)17-28(34-36)33-19-20-5-3-2-4-6-20;1-3-2;1-2/h7-10,15-17,20,37H,2-6,11-14,19H2,1H3,(H,33,34);3H,1-2H3;1-2H3. The molecule has 3 aromatic rings. The molecular formula is C33H46F2N6O. The molecule has 0 unspecified atom stereocenters. The first kappa shape index (κ1) is 33.0. The fraction of sp³-hybridized carbons (Fsp3) is 0.515. The van der Waals surface area contributed by atoms with E-state index < -0.39 is 17.2 Å². The third kappa shape index (κ3) is 8.52. The molecule has 0 amide bonds. The van der Waals surface area contributed by atoms with Gasteiger partial charge in [0, 0.05) is 37.0 Å². The van der Waals surface area contributed by atoms with E-state index in [1.165, 1.54) is 55.0 Å². The number of hydrogen-bond donors (Lipinski definition) is 3. The van der Waals surface area contributed by atoms with Gasteiger partial charge in [-0.3, -0.25) is 0 Å². The maximum atomic E-state index is 15.5. The highest BCUT2D eigenvalue weighted by molar-refractivity contribution is 5.67. The smallest absolute Gasteiger partial charge is 0.150 e. The first-order valence-corrected chi connectivity index (χ1v) is 15.1. The zero-order chi connectivity index (χ0) is 30.7. The molecule has 2 heterocycles. The van der Waals surface area contributed by atoms with Crippen LogP contribution in [0.3, 0.4) is 0 Å². The van der Waals surface area contributed by atoms with E-state index in [0.29, 0.717) is 48.9 Å². The van der Waals surface area contributed by atoms with Crippen molar-refractivity contribution in [1.82, 2.24) is 15.1 Å². The Hall–Kier alpha value is -3.48. The molecule has 228 valence electrons. The lowest BCUT2D eigenvalue weighted by molar-refractivity contribution is 0.0351. The molecule has 42 heavy (non-hydrogen) atoms.